The first-order valence-electron chi connectivity index (χ1n) is 6.73. The van der Waals surface area contributed by atoms with Crippen LogP contribution >= 0.6 is 0 Å². The number of rotatable bonds is 4. The van der Waals surface area contributed by atoms with Crippen molar-refractivity contribution in [2.75, 3.05) is 6.54 Å². The van der Waals surface area contributed by atoms with Gasteiger partial charge in [0.15, 0.2) is 0 Å². The topological polar surface area (TPSA) is 45.2 Å². The Bertz CT molecular complexity index is 430. The molecule has 2 unspecified atom stereocenters. The van der Waals surface area contributed by atoms with Crippen LogP contribution in [0.25, 0.3) is 0 Å². The van der Waals surface area contributed by atoms with Gasteiger partial charge in [-0.25, -0.2) is 0 Å². The minimum absolute atomic E-state index is 0.0312. The zero-order valence-corrected chi connectivity index (χ0v) is 10.7. The SMILES string of the molecule is CC(c1ccccn1)N1CCC(NC2CC2)C1=O. The molecule has 2 fully saturated rings. The Balaban J connectivity index is 1.67. The van der Waals surface area contributed by atoms with Gasteiger partial charge >= 0.3 is 0 Å². The van der Waals surface area contributed by atoms with Gasteiger partial charge in [0.25, 0.3) is 0 Å². The minimum atomic E-state index is 0.0312. The average Bonchev–Trinajstić information content (AvgIpc) is 3.15. The van der Waals surface area contributed by atoms with E-state index < -0.39 is 0 Å². The summed E-state index contributed by atoms with van der Waals surface area (Å²) in [5.41, 5.74) is 0.970. The summed E-state index contributed by atoms with van der Waals surface area (Å²) in [4.78, 5) is 18.6. The van der Waals surface area contributed by atoms with E-state index in [0.717, 1.165) is 18.7 Å². The standard InChI is InChI=1S/C14H19N3O/c1-10(12-4-2-3-8-15-12)17-9-7-13(14(17)18)16-11-5-6-11/h2-4,8,10-11,13,16H,5-7,9H2,1H3. The van der Waals surface area contributed by atoms with Crippen molar-refractivity contribution in [3.8, 4) is 0 Å². The summed E-state index contributed by atoms with van der Waals surface area (Å²) in [6, 6.07) is 6.55. The van der Waals surface area contributed by atoms with E-state index in [4.69, 9.17) is 0 Å². The number of nitrogens with one attached hydrogen (secondary N) is 1. The van der Waals surface area contributed by atoms with E-state index in [1.165, 1.54) is 12.8 Å². The number of nitrogens with zero attached hydrogens (tertiary/aromatic N) is 2. The quantitative estimate of drug-likeness (QED) is 0.874. The number of carbonyl (C=O) groups is 1. The minimum Gasteiger partial charge on any atom is -0.333 e. The third kappa shape index (κ3) is 2.25. The summed E-state index contributed by atoms with van der Waals surface area (Å²) in [5.74, 6) is 0.236. The van der Waals surface area contributed by atoms with Crippen molar-refractivity contribution in [2.45, 2.75) is 44.3 Å². The van der Waals surface area contributed by atoms with Crippen molar-refractivity contribution in [3.05, 3.63) is 30.1 Å². The molecular weight excluding hydrogens is 226 g/mol. The lowest BCUT2D eigenvalue weighted by atomic mass is 10.2. The van der Waals surface area contributed by atoms with Crippen LogP contribution in [0.3, 0.4) is 0 Å². The predicted octanol–water partition coefficient (Wildman–Crippen LogP) is 1.50. The molecular formula is C14H19N3O. The number of carbonyl (C=O) groups excluding carboxylic acids is 1. The maximum absolute atomic E-state index is 12.3. The van der Waals surface area contributed by atoms with E-state index in [1.807, 2.05) is 23.1 Å². The third-order valence-corrected chi connectivity index (χ3v) is 3.84. The largest absolute Gasteiger partial charge is 0.333 e. The first-order chi connectivity index (χ1) is 8.75. The number of hydrogen-bond acceptors (Lipinski definition) is 3. The molecule has 2 aliphatic rings. The highest BCUT2D eigenvalue weighted by atomic mass is 16.2. The molecule has 2 atom stereocenters. The van der Waals surface area contributed by atoms with Crippen LogP contribution in [0.4, 0.5) is 0 Å². The summed E-state index contributed by atoms with van der Waals surface area (Å²) >= 11 is 0. The fourth-order valence-corrected chi connectivity index (χ4v) is 2.56. The molecule has 96 valence electrons. The molecule has 0 aromatic carbocycles. The smallest absolute Gasteiger partial charge is 0.240 e. The monoisotopic (exact) mass is 245 g/mol. The zero-order valence-electron chi connectivity index (χ0n) is 10.7. The van der Waals surface area contributed by atoms with E-state index in [-0.39, 0.29) is 18.0 Å². The molecule has 1 aliphatic carbocycles. The molecule has 1 aromatic heterocycles. The van der Waals surface area contributed by atoms with Crippen molar-refractivity contribution >= 4 is 5.91 Å². The summed E-state index contributed by atoms with van der Waals surface area (Å²) in [7, 11) is 0. The van der Waals surface area contributed by atoms with Crippen molar-refractivity contribution < 1.29 is 4.79 Å². The molecule has 1 saturated heterocycles. The summed E-state index contributed by atoms with van der Waals surface area (Å²) in [5, 5.41) is 3.43. The van der Waals surface area contributed by atoms with Gasteiger partial charge in [0.05, 0.1) is 17.8 Å². The van der Waals surface area contributed by atoms with Crippen molar-refractivity contribution in [1.82, 2.24) is 15.2 Å². The molecule has 2 heterocycles. The van der Waals surface area contributed by atoms with Gasteiger partial charge in [-0.15, -0.1) is 0 Å². The number of likely N-dealkylation sites (tertiary alicyclic amines) is 1. The molecule has 1 N–H and O–H groups in total. The molecule has 1 saturated carbocycles. The molecule has 0 spiro atoms. The first-order valence-corrected chi connectivity index (χ1v) is 6.73. The Labute approximate surface area is 107 Å². The Morgan fingerprint density at radius 1 is 1.39 bits per heavy atom. The maximum Gasteiger partial charge on any atom is 0.240 e. The Kier molecular flexibility index (Phi) is 3.04. The molecule has 1 aromatic rings. The van der Waals surface area contributed by atoms with Crippen LogP contribution in [0.5, 0.6) is 0 Å². The van der Waals surface area contributed by atoms with E-state index >= 15 is 0 Å². The van der Waals surface area contributed by atoms with Gasteiger partial charge in [0.1, 0.15) is 0 Å². The molecule has 3 rings (SSSR count). The lowest BCUT2D eigenvalue weighted by Gasteiger charge is -2.24. The number of pyridine rings is 1. The number of aromatic nitrogens is 1. The van der Waals surface area contributed by atoms with Crippen LogP contribution in [-0.2, 0) is 4.79 Å². The highest BCUT2D eigenvalue weighted by Crippen LogP contribution is 2.27. The van der Waals surface area contributed by atoms with Crippen LogP contribution in [0.1, 0.15) is 37.9 Å². The second-order valence-electron chi connectivity index (χ2n) is 5.24. The molecule has 4 heteroatoms. The van der Waals surface area contributed by atoms with Crippen LogP contribution in [0.15, 0.2) is 24.4 Å². The molecule has 0 radical (unpaired) electrons. The fraction of sp³-hybridized carbons (Fsp3) is 0.571. The van der Waals surface area contributed by atoms with E-state index in [2.05, 4.69) is 17.2 Å². The highest BCUT2D eigenvalue weighted by molar-refractivity contribution is 5.84. The predicted molar refractivity (Wildman–Crippen MR) is 68.9 cm³/mol. The first kappa shape index (κ1) is 11.7. The molecule has 1 aliphatic heterocycles. The van der Waals surface area contributed by atoms with Gasteiger partial charge in [0, 0.05) is 18.8 Å². The number of hydrogen-bond donors (Lipinski definition) is 1. The van der Waals surface area contributed by atoms with Crippen molar-refractivity contribution in [1.29, 1.82) is 0 Å². The van der Waals surface area contributed by atoms with Crippen LogP contribution < -0.4 is 5.32 Å². The van der Waals surface area contributed by atoms with E-state index in [9.17, 15) is 4.79 Å². The van der Waals surface area contributed by atoms with E-state index in [0.29, 0.717) is 6.04 Å². The van der Waals surface area contributed by atoms with Gasteiger partial charge < -0.3 is 10.2 Å². The highest BCUT2D eigenvalue weighted by Gasteiger charge is 2.37. The van der Waals surface area contributed by atoms with E-state index in [1.54, 1.807) is 6.20 Å². The zero-order chi connectivity index (χ0) is 12.5. The van der Waals surface area contributed by atoms with Crippen LogP contribution in [0, 0.1) is 0 Å². The Morgan fingerprint density at radius 2 is 2.22 bits per heavy atom. The molecule has 0 bridgehead atoms. The van der Waals surface area contributed by atoms with Crippen molar-refractivity contribution in [2.24, 2.45) is 0 Å². The molecule has 1 amide bonds. The van der Waals surface area contributed by atoms with Crippen molar-refractivity contribution in [3.63, 3.8) is 0 Å². The Morgan fingerprint density at radius 3 is 2.89 bits per heavy atom. The molecule has 18 heavy (non-hydrogen) atoms. The van der Waals surface area contributed by atoms with Gasteiger partial charge in [-0.1, -0.05) is 6.07 Å². The van der Waals surface area contributed by atoms with Crippen LogP contribution in [0.2, 0.25) is 0 Å². The Hall–Kier alpha value is -1.42. The van der Waals surface area contributed by atoms with Crippen LogP contribution in [-0.4, -0.2) is 34.4 Å². The second-order valence-corrected chi connectivity index (χ2v) is 5.24. The summed E-state index contributed by atoms with van der Waals surface area (Å²) in [6.07, 6.45) is 5.15. The summed E-state index contributed by atoms with van der Waals surface area (Å²) < 4.78 is 0. The number of amides is 1. The average molecular weight is 245 g/mol. The fourth-order valence-electron chi connectivity index (χ4n) is 2.56. The molecule has 4 nitrogen and oxygen atoms in total. The van der Waals surface area contributed by atoms with Gasteiger partial charge in [-0.2, -0.15) is 0 Å². The van der Waals surface area contributed by atoms with Gasteiger partial charge in [0.2, 0.25) is 5.91 Å². The van der Waals surface area contributed by atoms with Gasteiger partial charge in [-0.3, -0.25) is 9.78 Å². The van der Waals surface area contributed by atoms with Gasteiger partial charge in [-0.05, 0) is 38.3 Å². The summed E-state index contributed by atoms with van der Waals surface area (Å²) in [6.45, 7) is 2.89. The maximum atomic E-state index is 12.3. The third-order valence-electron chi connectivity index (χ3n) is 3.84. The lowest BCUT2D eigenvalue weighted by Crippen LogP contribution is -2.40. The normalized spacial score (nSPS) is 25.5. The second kappa shape index (κ2) is 4.69. The lowest BCUT2D eigenvalue weighted by molar-refractivity contribution is -0.131.